The third-order valence-electron chi connectivity index (χ3n) is 3.07. The van der Waals surface area contributed by atoms with Crippen LogP contribution in [0.1, 0.15) is 33.1 Å². The maximum Gasteiger partial charge on any atom is 0.240 e. The number of aliphatic hydroxyl groups excluding tert-OH is 1. The number of nitrogens with zero attached hydrogens (tertiary/aromatic N) is 1. The molecule has 1 heterocycles. The van der Waals surface area contributed by atoms with Gasteiger partial charge in [-0.05, 0) is 33.1 Å². The number of nitrogens with one attached hydrogen (secondary N) is 1. The highest BCUT2D eigenvalue weighted by molar-refractivity contribution is 5.85. The van der Waals surface area contributed by atoms with Crippen molar-refractivity contribution >= 4 is 5.91 Å². The van der Waals surface area contributed by atoms with Gasteiger partial charge in [0, 0.05) is 19.3 Å². The summed E-state index contributed by atoms with van der Waals surface area (Å²) in [6.45, 7) is 4.41. The lowest BCUT2D eigenvalue weighted by atomic mass is 9.80. The van der Waals surface area contributed by atoms with Crippen molar-refractivity contribution in [3.63, 3.8) is 0 Å². The fourth-order valence-corrected chi connectivity index (χ4v) is 2.04. The number of hydrogen-bond donors (Lipinski definition) is 2. The lowest BCUT2D eigenvalue weighted by Crippen LogP contribution is -2.47. The van der Waals surface area contributed by atoms with E-state index in [9.17, 15) is 15.2 Å². The van der Waals surface area contributed by atoms with E-state index in [2.05, 4.69) is 11.4 Å². The van der Waals surface area contributed by atoms with Gasteiger partial charge in [-0.25, -0.2) is 0 Å². The Bertz CT molecular complexity index is 303. The van der Waals surface area contributed by atoms with E-state index in [1.807, 2.05) is 6.92 Å². The number of nitriles is 1. The first-order valence-electron chi connectivity index (χ1n) is 5.98. The molecule has 1 saturated heterocycles. The van der Waals surface area contributed by atoms with E-state index in [0.29, 0.717) is 32.5 Å². The molecule has 1 aliphatic rings. The van der Waals surface area contributed by atoms with Crippen molar-refractivity contribution in [2.75, 3.05) is 13.2 Å². The Morgan fingerprint density at radius 2 is 2.12 bits per heavy atom. The van der Waals surface area contributed by atoms with Gasteiger partial charge >= 0.3 is 0 Å². The Labute approximate surface area is 102 Å². The number of carbonyl (C=O) groups is 1. The van der Waals surface area contributed by atoms with Gasteiger partial charge in [-0.2, -0.15) is 5.26 Å². The molecule has 0 bridgehead atoms. The average Bonchev–Trinajstić information content (AvgIpc) is 2.28. The fourth-order valence-electron chi connectivity index (χ4n) is 2.04. The topological polar surface area (TPSA) is 82.4 Å². The molecule has 1 amide bonds. The third-order valence-corrected chi connectivity index (χ3v) is 3.07. The van der Waals surface area contributed by atoms with Crippen molar-refractivity contribution in [2.24, 2.45) is 5.41 Å². The third kappa shape index (κ3) is 3.69. The van der Waals surface area contributed by atoms with Gasteiger partial charge in [-0.1, -0.05) is 0 Å². The number of amides is 1. The minimum absolute atomic E-state index is 0.129. The summed E-state index contributed by atoms with van der Waals surface area (Å²) >= 11 is 0. The van der Waals surface area contributed by atoms with Gasteiger partial charge in [0.2, 0.25) is 5.91 Å². The van der Waals surface area contributed by atoms with E-state index in [4.69, 9.17) is 4.74 Å². The molecule has 96 valence electrons. The summed E-state index contributed by atoms with van der Waals surface area (Å²) in [5, 5.41) is 21.2. The van der Waals surface area contributed by atoms with Crippen LogP contribution < -0.4 is 5.32 Å². The highest BCUT2D eigenvalue weighted by Gasteiger charge is 2.40. The van der Waals surface area contributed by atoms with Crippen molar-refractivity contribution < 1.29 is 14.6 Å². The van der Waals surface area contributed by atoms with Crippen LogP contribution in [-0.2, 0) is 9.53 Å². The van der Waals surface area contributed by atoms with Crippen molar-refractivity contribution in [1.29, 1.82) is 5.26 Å². The molecular weight excluding hydrogens is 220 g/mol. The number of ether oxygens (including phenoxy) is 1. The second-order valence-corrected chi connectivity index (χ2v) is 4.77. The van der Waals surface area contributed by atoms with Gasteiger partial charge in [0.25, 0.3) is 0 Å². The van der Waals surface area contributed by atoms with Gasteiger partial charge in [0.1, 0.15) is 5.41 Å². The molecule has 0 saturated carbocycles. The zero-order chi connectivity index (χ0) is 12.9. The molecule has 2 atom stereocenters. The van der Waals surface area contributed by atoms with Crippen molar-refractivity contribution in [3.8, 4) is 6.07 Å². The summed E-state index contributed by atoms with van der Waals surface area (Å²) in [6.07, 6.45) is 0.912. The first-order valence-corrected chi connectivity index (χ1v) is 5.98. The van der Waals surface area contributed by atoms with E-state index < -0.39 is 11.5 Å². The molecule has 17 heavy (non-hydrogen) atoms. The van der Waals surface area contributed by atoms with Crippen LogP contribution in [0.4, 0.5) is 0 Å². The minimum Gasteiger partial charge on any atom is -0.393 e. The van der Waals surface area contributed by atoms with Crippen LogP contribution >= 0.6 is 0 Å². The highest BCUT2D eigenvalue weighted by atomic mass is 16.5. The van der Waals surface area contributed by atoms with Gasteiger partial charge in [-0.15, -0.1) is 0 Å². The molecule has 0 aromatic carbocycles. The van der Waals surface area contributed by atoms with Crippen LogP contribution in [-0.4, -0.2) is 36.4 Å². The molecule has 2 unspecified atom stereocenters. The van der Waals surface area contributed by atoms with E-state index >= 15 is 0 Å². The fraction of sp³-hybridized carbons (Fsp3) is 0.833. The van der Waals surface area contributed by atoms with Crippen molar-refractivity contribution in [2.45, 2.75) is 45.3 Å². The Morgan fingerprint density at radius 3 is 2.59 bits per heavy atom. The second kappa shape index (κ2) is 5.99. The molecule has 0 aromatic heterocycles. The van der Waals surface area contributed by atoms with E-state index in [-0.39, 0.29) is 11.9 Å². The average molecular weight is 240 g/mol. The molecule has 0 aromatic rings. The molecule has 2 N–H and O–H groups in total. The molecule has 1 aliphatic heterocycles. The lowest BCUT2D eigenvalue weighted by molar-refractivity contribution is -0.133. The van der Waals surface area contributed by atoms with E-state index in [0.717, 1.165) is 0 Å². The Morgan fingerprint density at radius 1 is 1.53 bits per heavy atom. The van der Waals surface area contributed by atoms with Crippen LogP contribution in [0.15, 0.2) is 0 Å². The summed E-state index contributed by atoms with van der Waals surface area (Å²) in [6, 6.07) is 1.99. The number of rotatable bonds is 4. The lowest BCUT2D eigenvalue weighted by Gasteiger charge is -2.30. The number of carbonyl (C=O) groups excluding carboxylic acids is 1. The SMILES string of the molecule is CC(O)CC(C)NC(=O)C1(C#N)CCOCC1. The molecule has 5 heteroatoms. The molecular formula is C12H20N2O3. The Kier molecular flexibility index (Phi) is 4.91. The molecule has 1 fully saturated rings. The Balaban J connectivity index is 2.58. The monoisotopic (exact) mass is 240 g/mol. The number of aliphatic hydroxyl groups is 1. The second-order valence-electron chi connectivity index (χ2n) is 4.77. The maximum absolute atomic E-state index is 12.1. The molecule has 0 aliphatic carbocycles. The quantitative estimate of drug-likeness (QED) is 0.753. The van der Waals surface area contributed by atoms with Gasteiger partial charge in [0.05, 0.1) is 12.2 Å². The first kappa shape index (κ1) is 13.9. The molecule has 5 nitrogen and oxygen atoms in total. The van der Waals surface area contributed by atoms with Gasteiger partial charge < -0.3 is 15.2 Å². The van der Waals surface area contributed by atoms with E-state index in [1.54, 1.807) is 6.92 Å². The van der Waals surface area contributed by atoms with Crippen molar-refractivity contribution in [3.05, 3.63) is 0 Å². The summed E-state index contributed by atoms with van der Waals surface area (Å²) < 4.78 is 5.18. The predicted octanol–water partition coefficient (Wildman–Crippen LogP) is 0.582. The molecule has 0 radical (unpaired) electrons. The predicted molar refractivity (Wildman–Crippen MR) is 62.0 cm³/mol. The highest BCUT2D eigenvalue weighted by Crippen LogP contribution is 2.30. The number of hydrogen-bond acceptors (Lipinski definition) is 4. The first-order chi connectivity index (χ1) is 8.00. The normalized spacial score (nSPS) is 22.2. The minimum atomic E-state index is -0.953. The zero-order valence-corrected chi connectivity index (χ0v) is 10.4. The smallest absolute Gasteiger partial charge is 0.240 e. The largest absolute Gasteiger partial charge is 0.393 e. The Hall–Kier alpha value is -1.12. The van der Waals surface area contributed by atoms with Crippen molar-refractivity contribution in [1.82, 2.24) is 5.32 Å². The van der Waals surface area contributed by atoms with Gasteiger partial charge in [-0.3, -0.25) is 4.79 Å². The summed E-state index contributed by atoms with van der Waals surface area (Å²) in [4.78, 5) is 12.1. The van der Waals surface area contributed by atoms with Crippen LogP contribution in [0.2, 0.25) is 0 Å². The van der Waals surface area contributed by atoms with Crippen LogP contribution in [0, 0.1) is 16.7 Å². The molecule has 1 rings (SSSR count). The van der Waals surface area contributed by atoms with Crippen LogP contribution in [0.5, 0.6) is 0 Å². The summed E-state index contributed by atoms with van der Waals surface area (Å²) in [5.74, 6) is -0.239. The maximum atomic E-state index is 12.1. The molecule has 0 spiro atoms. The standard InChI is InChI=1S/C12H20N2O3/c1-9(7-10(2)15)14-11(16)12(8-13)3-5-17-6-4-12/h9-10,15H,3-7H2,1-2H3,(H,14,16). The summed E-state index contributed by atoms with van der Waals surface area (Å²) in [5.41, 5.74) is -0.953. The van der Waals surface area contributed by atoms with Crippen LogP contribution in [0.3, 0.4) is 0 Å². The van der Waals surface area contributed by atoms with Crippen LogP contribution in [0.25, 0.3) is 0 Å². The van der Waals surface area contributed by atoms with E-state index in [1.165, 1.54) is 0 Å². The van der Waals surface area contributed by atoms with Gasteiger partial charge in [0.15, 0.2) is 0 Å². The summed E-state index contributed by atoms with van der Waals surface area (Å²) in [7, 11) is 0. The zero-order valence-electron chi connectivity index (χ0n) is 10.4.